The fourth-order valence-electron chi connectivity index (χ4n) is 1.96. The van der Waals surface area contributed by atoms with Crippen molar-refractivity contribution in [2.24, 2.45) is 7.05 Å². The van der Waals surface area contributed by atoms with Gasteiger partial charge < -0.3 is 4.74 Å². The molecule has 1 heterocycles. The summed E-state index contributed by atoms with van der Waals surface area (Å²) in [5.74, 6) is -0.327. The van der Waals surface area contributed by atoms with Crippen LogP contribution in [0.4, 0.5) is 4.39 Å². The summed E-state index contributed by atoms with van der Waals surface area (Å²) in [5.41, 5.74) is 0.596. The zero-order valence-corrected chi connectivity index (χ0v) is 11.5. The lowest BCUT2D eigenvalue weighted by Gasteiger charge is -2.11. The van der Waals surface area contributed by atoms with Crippen molar-refractivity contribution in [3.05, 3.63) is 34.7 Å². The van der Waals surface area contributed by atoms with Crippen molar-refractivity contribution in [3.8, 4) is 23.1 Å². The normalized spacial score (nSPS) is 14.1. The number of hydrogen-bond donors (Lipinski definition) is 0. The van der Waals surface area contributed by atoms with Gasteiger partial charge in [-0.2, -0.15) is 10.4 Å². The van der Waals surface area contributed by atoms with Gasteiger partial charge in [0.05, 0.1) is 22.4 Å². The van der Waals surface area contributed by atoms with Crippen LogP contribution in [0.3, 0.4) is 0 Å². The van der Waals surface area contributed by atoms with Crippen LogP contribution in [0, 0.1) is 17.1 Å². The molecule has 0 radical (unpaired) electrons. The van der Waals surface area contributed by atoms with E-state index in [0.717, 1.165) is 12.8 Å². The van der Waals surface area contributed by atoms with Crippen LogP contribution in [0.1, 0.15) is 18.4 Å². The van der Waals surface area contributed by atoms with Gasteiger partial charge in [-0.1, -0.05) is 11.6 Å². The molecule has 0 spiro atoms. The quantitative estimate of drug-likeness (QED) is 0.872. The summed E-state index contributed by atoms with van der Waals surface area (Å²) >= 11 is 5.91. The average molecular weight is 292 g/mol. The second-order valence-corrected chi connectivity index (χ2v) is 5.13. The van der Waals surface area contributed by atoms with E-state index in [9.17, 15) is 9.65 Å². The number of aromatic nitrogens is 2. The molecule has 0 aliphatic heterocycles. The Hall–Kier alpha value is -2.06. The van der Waals surface area contributed by atoms with Crippen molar-refractivity contribution in [1.29, 1.82) is 5.26 Å². The lowest BCUT2D eigenvalue weighted by atomic mass is 10.0. The number of hydrogen-bond acceptors (Lipinski definition) is 3. The molecular weight excluding hydrogens is 281 g/mol. The SMILES string of the molecule is Cn1ccc(-c2c(F)c(Cl)cc(OC3CC3)c2C#N)n1. The molecular formula is C14H11ClFN3O. The fraction of sp³-hybridized carbons (Fsp3) is 0.286. The summed E-state index contributed by atoms with van der Waals surface area (Å²) in [6.45, 7) is 0. The number of benzene rings is 1. The summed E-state index contributed by atoms with van der Waals surface area (Å²) < 4.78 is 21.5. The highest BCUT2D eigenvalue weighted by Crippen LogP contribution is 2.38. The molecule has 6 heteroatoms. The Balaban J connectivity index is 2.20. The third-order valence-electron chi connectivity index (χ3n) is 3.08. The molecule has 102 valence electrons. The van der Waals surface area contributed by atoms with Crippen molar-refractivity contribution >= 4 is 11.6 Å². The molecule has 0 atom stereocenters. The molecule has 1 aromatic heterocycles. The van der Waals surface area contributed by atoms with Crippen molar-refractivity contribution < 1.29 is 9.13 Å². The van der Waals surface area contributed by atoms with E-state index in [1.807, 2.05) is 6.07 Å². The van der Waals surface area contributed by atoms with Crippen LogP contribution in [0.5, 0.6) is 5.75 Å². The highest BCUT2D eigenvalue weighted by Gasteiger charge is 2.28. The van der Waals surface area contributed by atoms with E-state index in [1.165, 1.54) is 10.7 Å². The van der Waals surface area contributed by atoms with Crippen LogP contribution in [0.2, 0.25) is 5.02 Å². The molecule has 0 bridgehead atoms. The van der Waals surface area contributed by atoms with Gasteiger partial charge in [-0.25, -0.2) is 4.39 Å². The third kappa shape index (κ3) is 2.23. The maximum absolute atomic E-state index is 14.3. The van der Waals surface area contributed by atoms with E-state index in [4.69, 9.17) is 16.3 Å². The van der Waals surface area contributed by atoms with Crippen LogP contribution in [-0.2, 0) is 7.05 Å². The summed E-state index contributed by atoms with van der Waals surface area (Å²) in [6, 6.07) is 5.00. The molecule has 1 aliphatic carbocycles. The summed E-state index contributed by atoms with van der Waals surface area (Å²) in [5, 5.41) is 13.4. The zero-order chi connectivity index (χ0) is 14.3. The standard InChI is InChI=1S/C14H11ClFN3O/c1-19-5-4-11(18-19)13-9(7-17)12(20-8-2-3-8)6-10(15)14(13)16/h4-6,8H,2-3H2,1H3. The number of nitrogens with zero attached hydrogens (tertiary/aromatic N) is 3. The Labute approximate surface area is 120 Å². The Morgan fingerprint density at radius 1 is 1.55 bits per heavy atom. The van der Waals surface area contributed by atoms with Crippen LogP contribution in [0.25, 0.3) is 11.3 Å². The van der Waals surface area contributed by atoms with E-state index in [-0.39, 0.29) is 22.3 Å². The van der Waals surface area contributed by atoms with Gasteiger partial charge in [0.2, 0.25) is 0 Å². The zero-order valence-electron chi connectivity index (χ0n) is 10.7. The minimum Gasteiger partial charge on any atom is -0.489 e. The molecule has 4 nitrogen and oxygen atoms in total. The second kappa shape index (κ2) is 4.80. The van der Waals surface area contributed by atoms with Crippen molar-refractivity contribution in [2.45, 2.75) is 18.9 Å². The van der Waals surface area contributed by atoms with Gasteiger partial charge in [-0.05, 0) is 18.9 Å². The molecule has 2 aromatic rings. The van der Waals surface area contributed by atoms with Crippen LogP contribution in [-0.4, -0.2) is 15.9 Å². The van der Waals surface area contributed by atoms with Crippen molar-refractivity contribution in [2.75, 3.05) is 0 Å². The molecule has 0 N–H and O–H groups in total. The van der Waals surface area contributed by atoms with E-state index in [2.05, 4.69) is 5.10 Å². The lowest BCUT2D eigenvalue weighted by Crippen LogP contribution is -2.02. The van der Waals surface area contributed by atoms with E-state index in [1.54, 1.807) is 19.3 Å². The molecule has 1 aromatic carbocycles. The first-order chi connectivity index (χ1) is 9.60. The Bertz CT molecular complexity index is 716. The predicted molar refractivity (Wildman–Crippen MR) is 72.0 cm³/mol. The van der Waals surface area contributed by atoms with E-state index >= 15 is 0 Å². The average Bonchev–Trinajstić information content (AvgIpc) is 3.13. The molecule has 3 rings (SSSR count). The molecule has 1 aliphatic rings. The summed E-state index contributed by atoms with van der Waals surface area (Å²) in [7, 11) is 1.72. The fourth-order valence-corrected chi connectivity index (χ4v) is 2.15. The molecule has 20 heavy (non-hydrogen) atoms. The van der Waals surface area contributed by atoms with Gasteiger partial charge in [0.25, 0.3) is 0 Å². The minimum atomic E-state index is -0.648. The largest absolute Gasteiger partial charge is 0.489 e. The number of ether oxygens (including phenoxy) is 1. The molecule has 0 unspecified atom stereocenters. The first-order valence-corrected chi connectivity index (χ1v) is 6.56. The highest BCUT2D eigenvalue weighted by atomic mass is 35.5. The van der Waals surface area contributed by atoms with Crippen LogP contribution >= 0.6 is 11.6 Å². The van der Waals surface area contributed by atoms with Gasteiger partial charge in [0.1, 0.15) is 17.4 Å². The second-order valence-electron chi connectivity index (χ2n) is 4.72. The molecule has 0 amide bonds. The molecule has 1 saturated carbocycles. The first-order valence-electron chi connectivity index (χ1n) is 6.19. The Morgan fingerprint density at radius 2 is 2.30 bits per heavy atom. The van der Waals surface area contributed by atoms with E-state index < -0.39 is 5.82 Å². The van der Waals surface area contributed by atoms with Crippen molar-refractivity contribution in [3.63, 3.8) is 0 Å². The number of halogens is 2. The van der Waals surface area contributed by atoms with Crippen molar-refractivity contribution in [1.82, 2.24) is 9.78 Å². The lowest BCUT2D eigenvalue weighted by molar-refractivity contribution is 0.302. The van der Waals surface area contributed by atoms with Crippen LogP contribution in [0.15, 0.2) is 18.3 Å². The number of rotatable bonds is 3. The Morgan fingerprint density at radius 3 is 2.85 bits per heavy atom. The predicted octanol–water partition coefficient (Wildman–Crippen LogP) is 3.29. The topological polar surface area (TPSA) is 50.8 Å². The molecule has 1 fully saturated rings. The number of aryl methyl sites for hydroxylation is 1. The number of nitriles is 1. The summed E-state index contributed by atoms with van der Waals surface area (Å²) in [6.07, 6.45) is 3.66. The maximum atomic E-state index is 14.3. The highest BCUT2D eigenvalue weighted by molar-refractivity contribution is 6.31. The van der Waals surface area contributed by atoms with Gasteiger partial charge in [-0.15, -0.1) is 0 Å². The molecule has 0 saturated heterocycles. The third-order valence-corrected chi connectivity index (χ3v) is 3.36. The van der Waals surface area contributed by atoms with Gasteiger partial charge in [0.15, 0.2) is 5.82 Å². The van der Waals surface area contributed by atoms with E-state index in [0.29, 0.717) is 11.4 Å². The summed E-state index contributed by atoms with van der Waals surface area (Å²) in [4.78, 5) is 0. The van der Waals surface area contributed by atoms with Crippen LogP contribution < -0.4 is 4.74 Å². The smallest absolute Gasteiger partial charge is 0.152 e. The van der Waals surface area contributed by atoms with Gasteiger partial charge >= 0.3 is 0 Å². The first kappa shape index (κ1) is 12.9. The van der Waals surface area contributed by atoms with Gasteiger partial charge in [-0.3, -0.25) is 4.68 Å². The van der Waals surface area contributed by atoms with Gasteiger partial charge in [0, 0.05) is 19.3 Å². The Kier molecular flexibility index (Phi) is 3.11. The monoisotopic (exact) mass is 291 g/mol. The minimum absolute atomic E-state index is 0.0692. The maximum Gasteiger partial charge on any atom is 0.152 e.